The maximum Gasteiger partial charge on any atom is 0.243 e. The van der Waals surface area contributed by atoms with Gasteiger partial charge >= 0.3 is 0 Å². The van der Waals surface area contributed by atoms with Gasteiger partial charge in [-0.1, -0.05) is 61.7 Å². The number of hydrogen-bond donors (Lipinski definition) is 1. The van der Waals surface area contributed by atoms with Crippen LogP contribution in [0, 0.1) is 5.82 Å². The number of halogens is 1. The first-order valence-electron chi connectivity index (χ1n) is 14.2. The summed E-state index contributed by atoms with van der Waals surface area (Å²) < 4.78 is 24.6. The van der Waals surface area contributed by atoms with Crippen LogP contribution in [0.3, 0.4) is 0 Å². The van der Waals surface area contributed by atoms with Crippen molar-refractivity contribution in [1.82, 2.24) is 10.2 Å². The van der Waals surface area contributed by atoms with Gasteiger partial charge in [-0.2, -0.15) is 0 Å². The molecular weight excluding hydrogens is 507 g/mol. The molecule has 1 N–H and O–H groups in total. The molecule has 3 aromatic rings. The van der Waals surface area contributed by atoms with Crippen LogP contribution in [0.25, 0.3) is 0 Å². The predicted molar refractivity (Wildman–Crippen MR) is 154 cm³/mol. The Morgan fingerprint density at radius 2 is 1.57 bits per heavy atom. The lowest BCUT2D eigenvalue weighted by Gasteiger charge is -2.33. The Balaban J connectivity index is 1.50. The summed E-state index contributed by atoms with van der Waals surface area (Å²) in [5.41, 5.74) is 1.75. The summed E-state index contributed by atoms with van der Waals surface area (Å²) in [7, 11) is 1.61. The van der Waals surface area contributed by atoms with E-state index in [9.17, 15) is 14.0 Å². The van der Waals surface area contributed by atoms with Gasteiger partial charge in [0, 0.05) is 25.4 Å². The van der Waals surface area contributed by atoms with Crippen molar-refractivity contribution in [2.24, 2.45) is 0 Å². The van der Waals surface area contributed by atoms with Gasteiger partial charge < -0.3 is 19.7 Å². The second-order valence-corrected chi connectivity index (χ2v) is 10.3. The molecule has 212 valence electrons. The van der Waals surface area contributed by atoms with Gasteiger partial charge in [-0.3, -0.25) is 9.59 Å². The van der Waals surface area contributed by atoms with E-state index in [0.717, 1.165) is 42.6 Å². The largest absolute Gasteiger partial charge is 0.497 e. The summed E-state index contributed by atoms with van der Waals surface area (Å²) in [4.78, 5) is 29.2. The number of ether oxygens (including phenoxy) is 2. The zero-order valence-corrected chi connectivity index (χ0v) is 23.2. The third kappa shape index (κ3) is 8.83. The standard InChI is InChI=1S/C33H39FN2O4/c1-39-29-18-20-30(21-19-29)40-22-8-13-32(37)36(24-26-14-16-27(34)17-15-26)31(23-25-9-4-2-5-10-25)33(38)35-28-11-6-3-7-12-28/h2,4-5,9-10,14-21,28,31H,3,6-8,11-13,22-24H2,1H3,(H,35,38)/t31-/m1/s1. The molecule has 6 nitrogen and oxygen atoms in total. The molecule has 0 aromatic heterocycles. The molecule has 1 aliphatic rings. The molecule has 0 heterocycles. The Morgan fingerprint density at radius 3 is 2.25 bits per heavy atom. The van der Waals surface area contributed by atoms with E-state index in [4.69, 9.17) is 9.47 Å². The van der Waals surface area contributed by atoms with Gasteiger partial charge in [0.25, 0.3) is 0 Å². The van der Waals surface area contributed by atoms with Gasteiger partial charge in [-0.15, -0.1) is 0 Å². The Kier molecular flexibility index (Phi) is 11.0. The quantitative estimate of drug-likeness (QED) is 0.264. The highest BCUT2D eigenvalue weighted by molar-refractivity contribution is 5.88. The molecule has 0 radical (unpaired) electrons. The Morgan fingerprint density at radius 1 is 0.900 bits per heavy atom. The molecular formula is C33H39FN2O4. The lowest BCUT2D eigenvalue weighted by Crippen LogP contribution is -2.52. The normalized spacial score (nSPS) is 14.2. The highest BCUT2D eigenvalue weighted by Gasteiger charge is 2.31. The van der Waals surface area contributed by atoms with E-state index in [0.29, 0.717) is 25.2 Å². The van der Waals surface area contributed by atoms with Gasteiger partial charge in [0.1, 0.15) is 23.4 Å². The maximum absolute atomic E-state index is 13.8. The SMILES string of the molecule is COc1ccc(OCCCC(=O)N(Cc2ccc(F)cc2)[C@H](Cc2ccccc2)C(=O)NC2CCCCC2)cc1. The van der Waals surface area contributed by atoms with Crippen LogP contribution in [-0.2, 0) is 22.6 Å². The van der Waals surface area contributed by atoms with Crippen LogP contribution in [0.2, 0.25) is 0 Å². The Bertz CT molecular complexity index is 1200. The van der Waals surface area contributed by atoms with Crippen molar-refractivity contribution < 1.29 is 23.5 Å². The van der Waals surface area contributed by atoms with Crippen molar-refractivity contribution in [3.63, 3.8) is 0 Å². The predicted octanol–water partition coefficient (Wildman–Crippen LogP) is 6.08. The van der Waals surface area contributed by atoms with E-state index < -0.39 is 6.04 Å². The summed E-state index contributed by atoms with van der Waals surface area (Å²) >= 11 is 0. The molecule has 0 bridgehead atoms. The molecule has 40 heavy (non-hydrogen) atoms. The Hall–Kier alpha value is -3.87. The van der Waals surface area contributed by atoms with Crippen molar-refractivity contribution in [2.75, 3.05) is 13.7 Å². The minimum atomic E-state index is -0.690. The molecule has 1 aliphatic carbocycles. The van der Waals surface area contributed by atoms with Gasteiger partial charge in [0.2, 0.25) is 11.8 Å². The van der Waals surface area contributed by atoms with E-state index in [1.807, 2.05) is 54.6 Å². The monoisotopic (exact) mass is 546 g/mol. The summed E-state index contributed by atoms with van der Waals surface area (Å²) in [6, 6.07) is 22.6. The minimum absolute atomic E-state index is 0.125. The van der Waals surface area contributed by atoms with Crippen LogP contribution >= 0.6 is 0 Å². The van der Waals surface area contributed by atoms with E-state index in [-0.39, 0.29) is 36.6 Å². The lowest BCUT2D eigenvalue weighted by atomic mass is 9.94. The zero-order chi connectivity index (χ0) is 28.2. The van der Waals surface area contributed by atoms with Crippen LogP contribution in [-0.4, -0.2) is 42.5 Å². The van der Waals surface area contributed by atoms with Gasteiger partial charge in [0.15, 0.2) is 0 Å². The fraction of sp³-hybridized carbons (Fsp3) is 0.394. The molecule has 1 fully saturated rings. The molecule has 7 heteroatoms. The topological polar surface area (TPSA) is 67.9 Å². The molecule has 0 saturated heterocycles. The molecule has 1 saturated carbocycles. The second kappa shape index (κ2) is 15.1. The van der Waals surface area contributed by atoms with Crippen molar-refractivity contribution in [2.45, 2.75) is 70.0 Å². The molecule has 0 unspecified atom stereocenters. The summed E-state index contributed by atoms with van der Waals surface area (Å²) in [6.07, 6.45) is 6.41. The highest BCUT2D eigenvalue weighted by Crippen LogP contribution is 2.21. The fourth-order valence-corrected chi connectivity index (χ4v) is 5.11. The van der Waals surface area contributed by atoms with Crippen molar-refractivity contribution >= 4 is 11.8 Å². The first kappa shape index (κ1) is 29.1. The smallest absolute Gasteiger partial charge is 0.243 e. The first-order chi connectivity index (χ1) is 19.5. The number of benzene rings is 3. The van der Waals surface area contributed by atoms with E-state index in [1.54, 1.807) is 24.1 Å². The number of hydrogen-bond acceptors (Lipinski definition) is 4. The summed E-state index contributed by atoms with van der Waals surface area (Å²) in [5, 5.41) is 3.24. The molecule has 1 atom stereocenters. The molecule has 0 aliphatic heterocycles. The Labute approximate surface area is 236 Å². The van der Waals surface area contributed by atoms with E-state index >= 15 is 0 Å². The van der Waals surface area contributed by atoms with Gasteiger partial charge in [-0.05, 0) is 66.8 Å². The van der Waals surface area contributed by atoms with Gasteiger partial charge in [0.05, 0.1) is 13.7 Å². The summed E-state index contributed by atoms with van der Waals surface area (Å²) in [5.74, 6) is 0.830. The number of methoxy groups -OCH3 is 1. The average Bonchev–Trinajstić information content (AvgIpc) is 2.99. The van der Waals surface area contributed by atoms with Crippen molar-refractivity contribution in [3.8, 4) is 11.5 Å². The minimum Gasteiger partial charge on any atom is -0.497 e. The van der Waals surface area contributed by atoms with Crippen LogP contribution in [0.15, 0.2) is 78.9 Å². The van der Waals surface area contributed by atoms with Crippen LogP contribution in [0.5, 0.6) is 11.5 Å². The number of amides is 2. The fourth-order valence-electron chi connectivity index (χ4n) is 5.11. The lowest BCUT2D eigenvalue weighted by molar-refractivity contribution is -0.141. The van der Waals surface area contributed by atoms with Crippen molar-refractivity contribution in [1.29, 1.82) is 0 Å². The molecule has 3 aromatic carbocycles. The number of nitrogens with one attached hydrogen (secondary N) is 1. The van der Waals surface area contributed by atoms with E-state index in [1.165, 1.54) is 18.6 Å². The number of rotatable bonds is 13. The number of carbonyl (C=O) groups excluding carboxylic acids is 2. The maximum atomic E-state index is 13.8. The molecule has 4 rings (SSSR count). The first-order valence-corrected chi connectivity index (χ1v) is 14.2. The molecule has 0 spiro atoms. The van der Waals surface area contributed by atoms with Crippen LogP contribution in [0.1, 0.15) is 56.1 Å². The zero-order valence-electron chi connectivity index (χ0n) is 23.2. The highest BCUT2D eigenvalue weighted by atomic mass is 19.1. The van der Waals surface area contributed by atoms with Gasteiger partial charge in [-0.25, -0.2) is 4.39 Å². The number of carbonyl (C=O) groups is 2. The molecule has 2 amide bonds. The van der Waals surface area contributed by atoms with Crippen LogP contribution < -0.4 is 14.8 Å². The third-order valence-electron chi connectivity index (χ3n) is 7.35. The van der Waals surface area contributed by atoms with E-state index in [2.05, 4.69) is 5.32 Å². The second-order valence-electron chi connectivity index (χ2n) is 10.3. The number of nitrogens with zero attached hydrogens (tertiary/aromatic N) is 1. The average molecular weight is 547 g/mol. The third-order valence-corrected chi connectivity index (χ3v) is 7.35. The van der Waals surface area contributed by atoms with Crippen molar-refractivity contribution in [3.05, 3.63) is 95.8 Å². The van der Waals surface area contributed by atoms with Crippen LogP contribution in [0.4, 0.5) is 4.39 Å². The summed E-state index contributed by atoms with van der Waals surface area (Å²) in [6.45, 7) is 0.577.